The van der Waals surface area contributed by atoms with Gasteiger partial charge in [-0.3, -0.25) is 34.3 Å². The summed E-state index contributed by atoms with van der Waals surface area (Å²) in [6, 6.07) is 11.8. The zero-order valence-electron chi connectivity index (χ0n) is 21.3. The maximum atomic E-state index is 13.6. The number of fused-ring (bicyclic) bond motifs is 4. The fraction of sp³-hybridized carbons (Fsp3) is 0.286. The first-order valence-electron chi connectivity index (χ1n) is 12.6. The van der Waals surface area contributed by atoms with E-state index in [-0.39, 0.29) is 18.0 Å². The molecular formula is C28H25N5O6. The van der Waals surface area contributed by atoms with Crippen molar-refractivity contribution in [1.82, 2.24) is 15.1 Å². The topological polar surface area (TPSA) is 127 Å². The number of anilines is 2. The van der Waals surface area contributed by atoms with Crippen LogP contribution >= 0.6 is 0 Å². The number of amides is 8. The summed E-state index contributed by atoms with van der Waals surface area (Å²) in [5, 5.41) is 2.21. The highest BCUT2D eigenvalue weighted by Crippen LogP contribution is 2.49. The van der Waals surface area contributed by atoms with Crippen LogP contribution in [0, 0.1) is 5.41 Å². The maximum absolute atomic E-state index is 13.6. The van der Waals surface area contributed by atoms with Gasteiger partial charge in [0, 0.05) is 26.3 Å². The summed E-state index contributed by atoms with van der Waals surface area (Å²) in [5.41, 5.74) is 0.701. The van der Waals surface area contributed by atoms with Crippen molar-refractivity contribution in [3.8, 4) is 0 Å². The highest BCUT2D eigenvalue weighted by Gasteiger charge is 2.63. The van der Waals surface area contributed by atoms with Gasteiger partial charge in [-0.25, -0.2) is 14.5 Å². The molecule has 11 heteroatoms. The van der Waals surface area contributed by atoms with Gasteiger partial charge in [-0.05, 0) is 60.7 Å². The molecule has 1 atom stereocenters. The van der Waals surface area contributed by atoms with Crippen LogP contribution in [-0.2, 0) is 25.6 Å². The van der Waals surface area contributed by atoms with Crippen LogP contribution in [0.2, 0.25) is 0 Å². The Morgan fingerprint density at radius 2 is 1.62 bits per heavy atom. The van der Waals surface area contributed by atoms with Crippen LogP contribution in [-0.4, -0.2) is 72.2 Å². The highest BCUT2D eigenvalue weighted by atomic mass is 16.2. The minimum Gasteiger partial charge on any atom is -0.367 e. The van der Waals surface area contributed by atoms with Gasteiger partial charge in [0.1, 0.15) is 5.57 Å². The molecule has 11 nitrogen and oxygen atoms in total. The second-order valence-electron chi connectivity index (χ2n) is 10.2. The second-order valence-corrected chi connectivity index (χ2v) is 10.2. The normalized spacial score (nSPS) is 23.5. The van der Waals surface area contributed by atoms with Gasteiger partial charge in [0.2, 0.25) is 11.8 Å². The second kappa shape index (κ2) is 8.62. The lowest BCUT2D eigenvalue weighted by Gasteiger charge is -2.50. The SMILES string of the molecule is CN1C(=O)N(C)C(=O)C2(Cc3cc(/C=C4\C(=O)NC(=O)N(c5ccccc5)C4=O)ccc3N3CCC[C@@H]32)C1=O. The van der Waals surface area contributed by atoms with E-state index in [1.54, 1.807) is 42.5 Å². The molecule has 0 bridgehead atoms. The van der Waals surface area contributed by atoms with Crippen LogP contribution in [0.4, 0.5) is 21.0 Å². The lowest BCUT2D eigenvalue weighted by molar-refractivity contribution is -0.159. The third kappa shape index (κ3) is 3.42. The average Bonchev–Trinajstić information content (AvgIpc) is 3.43. The molecule has 0 unspecified atom stereocenters. The standard InChI is InChI=1S/C28H25N5O6/c1-30-24(36)28(25(37)31(2)27(30)39)15-17-13-16(10-11-20(17)32-12-6-9-21(28)32)14-19-22(34)29-26(38)33(23(19)35)18-7-4-3-5-8-18/h3-5,7-8,10-11,13-14,21H,6,9,12,15H2,1-2H3,(H,29,34,38)/b19-14+/t21-/m1/s1. The Kier molecular flexibility index (Phi) is 5.42. The van der Waals surface area contributed by atoms with E-state index in [9.17, 15) is 28.8 Å². The molecular weight excluding hydrogens is 502 g/mol. The molecule has 39 heavy (non-hydrogen) atoms. The number of para-hydroxylation sites is 1. The number of urea groups is 2. The molecule has 3 fully saturated rings. The van der Waals surface area contributed by atoms with Gasteiger partial charge in [-0.1, -0.05) is 24.3 Å². The quantitative estimate of drug-likeness (QED) is 0.359. The Morgan fingerprint density at radius 3 is 2.31 bits per heavy atom. The third-order valence-electron chi connectivity index (χ3n) is 8.08. The number of carbonyl (C=O) groups excluding carboxylic acids is 6. The predicted octanol–water partition coefficient (Wildman–Crippen LogP) is 1.91. The van der Waals surface area contributed by atoms with Crippen molar-refractivity contribution in [3.63, 3.8) is 0 Å². The average molecular weight is 528 g/mol. The van der Waals surface area contributed by atoms with Crippen molar-refractivity contribution >= 4 is 53.1 Å². The number of nitrogens with one attached hydrogen (secondary N) is 1. The molecule has 1 N–H and O–H groups in total. The fourth-order valence-corrected chi connectivity index (χ4v) is 6.26. The molecule has 4 aliphatic rings. The molecule has 4 aliphatic heterocycles. The molecule has 2 aromatic rings. The molecule has 6 rings (SSSR count). The van der Waals surface area contributed by atoms with E-state index in [2.05, 4.69) is 10.2 Å². The van der Waals surface area contributed by atoms with Crippen molar-refractivity contribution < 1.29 is 28.8 Å². The fourth-order valence-electron chi connectivity index (χ4n) is 6.26. The summed E-state index contributed by atoms with van der Waals surface area (Å²) in [4.78, 5) is 83.0. The first kappa shape index (κ1) is 24.5. The van der Waals surface area contributed by atoms with Crippen molar-refractivity contribution in [2.45, 2.75) is 25.3 Å². The van der Waals surface area contributed by atoms with E-state index < -0.39 is 41.1 Å². The van der Waals surface area contributed by atoms with Gasteiger partial charge < -0.3 is 4.90 Å². The van der Waals surface area contributed by atoms with Crippen molar-refractivity contribution in [2.75, 3.05) is 30.4 Å². The van der Waals surface area contributed by atoms with Crippen LogP contribution in [0.5, 0.6) is 0 Å². The van der Waals surface area contributed by atoms with Gasteiger partial charge in [-0.15, -0.1) is 0 Å². The van der Waals surface area contributed by atoms with Gasteiger partial charge in [-0.2, -0.15) is 0 Å². The van der Waals surface area contributed by atoms with Crippen LogP contribution in [0.3, 0.4) is 0 Å². The maximum Gasteiger partial charge on any atom is 0.335 e. The predicted molar refractivity (Wildman–Crippen MR) is 139 cm³/mol. The molecule has 1 spiro atoms. The highest BCUT2D eigenvalue weighted by molar-refractivity contribution is 6.39. The van der Waals surface area contributed by atoms with E-state index in [0.717, 1.165) is 26.8 Å². The van der Waals surface area contributed by atoms with E-state index >= 15 is 0 Å². The molecule has 0 aromatic heterocycles. The van der Waals surface area contributed by atoms with Crippen molar-refractivity contribution in [3.05, 3.63) is 65.2 Å². The summed E-state index contributed by atoms with van der Waals surface area (Å²) in [7, 11) is 2.77. The lowest BCUT2D eigenvalue weighted by atomic mass is 9.68. The number of barbiturate groups is 2. The van der Waals surface area contributed by atoms with E-state index in [1.807, 2.05) is 6.07 Å². The molecule has 8 amide bonds. The Bertz CT molecular complexity index is 1490. The molecule has 0 aliphatic carbocycles. The first-order chi connectivity index (χ1) is 18.6. The molecule has 198 valence electrons. The van der Waals surface area contributed by atoms with Crippen LogP contribution in [0.1, 0.15) is 24.0 Å². The zero-order valence-corrected chi connectivity index (χ0v) is 21.3. The van der Waals surface area contributed by atoms with Crippen LogP contribution < -0.4 is 15.1 Å². The largest absolute Gasteiger partial charge is 0.367 e. The zero-order chi connectivity index (χ0) is 27.6. The summed E-state index contributed by atoms with van der Waals surface area (Å²) in [6.45, 7) is 0.650. The summed E-state index contributed by atoms with van der Waals surface area (Å²) in [6.07, 6.45) is 2.90. The first-order valence-corrected chi connectivity index (χ1v) is 12.6. The Balaban J connectivity index is 1.41. The van der Waals surface area contributed by atoms with Gasteiger partial charge in [0.05, 0.1) is 11.7 Å². The molecule has 3 saturated heterocycles. The van der Waals surface area contributed by atoms with E-state index in [0.29, 0.717) is 29.8 Å². The third-order valence-corrected chi connectivity index (χ3v) is 8.08. The molecule has 2 aromatic carbocycles. The number of carbonyl (C=O) groups is 6. The molecule has 0 saturated carbocycles. The van der Waals surface area contributed by atoms with Crippen LogP contribution in [0.25, 0.3) is 6.08 Å². The van der Waals surface area contributed by atoms with Crippen molar-refractivity contribution in [1.29, 1.82) is 0 Å². The molecule has 0 radical (unpaired) electrons. The van der Waals surface area contributed by atoms with Crippen molar-refractivity contribution in [2.24, 2.45) is 5.41 Å². The minimum absolute atomic E-state index is 0.0783. The minimum atomic E-state index is -1.46. The number of hydrogen-bond donors (Lipinski definition) is 1. The van der Waals surface area contributed by atoms with Gasteiger partial charge in [0.25, 0.3) is 11.8 Å². The number of rotatable bonds is 2. The van der Waals surface area contributed by atoms with E-state index in [1.165, 1.54) is 20.2 Å². The smallest absolute Gasteiger partial charge is 0.335 e. The summed E-state index contributed by atoms with van der Waals surface area (Å²) < 4.78 is 0. The summed E-state index contributed by atoms with van der Waals surface area (Å²) in [5.74, 6) is -2.63. The van der Waals surface area contributed by atoms with Crippen LogP contribution in [0.15, 0.2) is 54.1 Å². The van der Waals surface area contributed by atoms with Gasteiger partial charge in [0.15, 0.2) is 5.41 Å². The number of imide groups is 4. The number of benzene rings is 2. The Labute approximate surface area is 223 Å². The number of hydrogen-bond acceptors (Lipinski definition) is 7. The number of nitrogens with zero attached hydrogens (tertiary/aromatic N) is 4. The Hall–Kier alpha value is -4.80. The Morgan fingerprint density at radius 1 is 0.923 bits per heavy atom. The summed E-state index contributed by atoms with van der Waals surface area (Å²) >= 11 is 0. The van der Waals surface area contributed by atoms with E-state index in [4.69, 9.17) is 0 Å². The molecule has 4 heterocycles. The lowest BCUT2D eigenvalue weighted by Crippen LogP contribution is -2.70. The van der Waals surface area contributed by atoms with Gasteiger partial charge >= 0.3 is 12.1 Å². The monoisotopic (exact) mass is 527 g/mol.